The quantitative estimate of drug-likeness (QED) is 0.745. The summed E-state index contributed by atoms with van der Waals surface area (Å²) in [6.45, 7) is 0.755. The summed E-state index contributed by atoms with van der Waals surface area (Å²) in [6.07, 6.45) is 1.11. The van der Waals surface area contributed by atoms with Crippen molar-refractivity contribution in [1.82, 2.24) is 9.78 Å². The van der Waals surface area contributed by atoms with Crippen LogP contribution >= 0.6 is 15.9 Å². The van der Waals surface area contributed by atoms with Gasteiger partial charge in [0.2, 0.25) is 0 Å². The SMILES string of the molecule is COCCn1ncc(Br)c1C(=O)Cc1c(F)cccc1F. The molecule has 0 aliphatic heterocycles. The summed E-state index contributed by atoms with van der Waals surface area (Å²) in [6, 6.07) is 3.52. The van der Waals surface area contributed by atoms with Crippen LogP contribution in [-0.4, -0.2) is 29.3 Å². The van der Waals surface area contributed by atoms with Crippen LogP contribution in [0.2, 0.25) is 0 Å². The third kappa shape index (κ3) is 3.54. The molecule has 1 aromatic heterocycles. The Labute approximate surface area is 128 Å². The second-order valence-corrected chi connectivity index (χ2v) is 5.21. The minimum Gasteiger partial charge on any atom is -0.383 e. The van der Waals surface area contributed by atoms with Crippen molar-refractivity contribution in [3.63, 3.8) is 0 Å². The first kappa shape index (κ1) is 15.8. The van der Waals surface area contributed by atoms with Gasteiger partial charge in [-0.15, -0.1) is 0 Å². The maximum atomic E-state index is 13.6. The van der Waals surface area contributed by atoms with Crippen LogP contribution in [0.25, 0.3) is 0 Å². The number of ketones is 1. The molecule has 2 rings (SSSR count). The van der Waals surface area contributed by atoms with Crippen LogP contribution in [0.1, 0.15) is 16.1 Å². The topological polar surface area (TPSA) is 44.1 Å². The molecule has 0 N–H and O–H groups in total. The van der Waals surface area contributed by atoms with Crippen molar-refractivity contribution in [3.05, 3.63) is 51.8 Å². The van der Waals surface area contributed by atoms with Crippen LogP contribution in [0.4, 0.5) is 8.78 Å². The first-order chi connectivity index (χ1) is 10.0. The van der Waals surface area contributed by atoms with Crippen molar-refractivity contribution in [2.75, 3.05) is 13.7 Å². The zero-order chi connectivity index (χ0) is 15.4. The lowest BCUT2D eigenvalue weighted by Crippen LogP contribution is -2.16. The smallest absolute Gasteiger partial charge is 0.186 e. The molecule has 1 aromatic carbocycles. The third-order valence-corrected chi connectivity index (χ3v) is 3.55. The molecular formula is C14H13BrF2N2O2. The van der Waals surface area contributed by atoms with Gasteiger partial charge in [-0.1, -0.05) is 6.07 Å². The number of Topliss-reactive ketones (excluding diaryl/α,β-unsaturated/α-hetero) is 1. The van der Waals surface area contributed by atoms with E-state index in [0.717, 1.165) is 12.1 Å². The highest BCUT2D eigenvalue weighted by atomic mass is 79.9. The highest BCUT2D eigenvalue weighted by Crippen LogP contribution is 2.20. The predicted molar refractivity (Wildman–Crippen MR) is 76.2 cm³/mol. The van der Waals surface area contributed by atoms with Gasteiger partial charge in [0, 0.05) is 19.1 Å². The number of hydrogen-bond donors (Lipinski definition) is 0. The molecule has 112 valence electrons. The third-order valence-electron chi connectivity index (χ3n) is 2.97. The molecule has 21 heavy (non-hydrogen) atoms. The van der Waals surface area contributed by atoms with E-state index in [1.165, 1.54) is 24.1 Å². The average Bonchev–Trinajstić information content (AvgIpc) is 2.81. The minimum absolute atomic E-state index is 0.242. The molecule has 0 atom stereocenters. The monoisotopic (exact) mass is 358 g/mol. The molecule has 0 spiro atoms. The van der Waals surface area contributed by atoms with E-state index in [9.17, 15) is 13.6 Å². The molecule has 0 bridgehead atoms. The first-order valence-corrected chi connectivity index (χ1v) is 7.00. The van der Waals surface area contributed by atoms with Crippen LogP contribution in [0.15, 0.2) is 28.9 Å². The predicted octanol–water partition coefficient (Wildman–Crippen LogP) is 3.00. The zero-order valence-corrected chi connectivity index (χ0v) is 12.9. The number of carbonyl (C=O) groups excluding carboxylic acids is 1. The van der Waals surface area contributed by atoms with Gasteiger partial charge in [0.25, 0.3) is 0 Å². The average molecular weight is 359 g/mol. The Kier molecular flexibility index (Phi) is 5.19. The van der Waals surface area contributed by atoms with E-state index in [0.29, 0.717) is 17.6 Å². The number of methoxy groups -OCH3 is 1. The number of halogens is 3. The van der Waals surface area contributed by atoms with Crippen molar-refractivity contribution in [1.29, 1.82) is 0 Å². The fourth-order valence-electron chi connectivity index (χ4n) is 1.93. The van der Waals surface area contributed by atoms with E-state index in [2.05, 4.69) is 21.0 Å². The molecule has 0 saturated heterocycles. The van der Waals surface area contributed by atoms with Crippen molar-refractivity contribution < 1.29 is 18.3 Å². The summed E-state index contributed by atoms with van der Waals surface area (Å²) >= 11 is 3.23. The molecule has 0 aliphatic rings. The lowest BCUT2D eigenvalue weighted by atomic mass is 10.1. The van der Waals surface area contributed by atoms with E-state index < -0.39 is 17.4 Å². The van der Waals surface area contributed by atoms with Gasteiger partial charge in [-0.2, -0.15) is 5.10 Å². The van der Waals surface area contributed by atoms with Gasteiger partial charge in [-0.25, -0.2) is 8.78 Å². The van der Waals surface area contributed by atoms with Crippen LogP contribution < -0.4 is 0 Å². The van der Waals surface area contributed by atoms with E-state index >= 15 is 0 Å². The molecule has 0 aliphatic carbocycles. The number of benzene rings is 1. The second-order valence-electron chi connectivity index (χ2n) is 4.36. The summed E-state index contributed by atoms with van der Waals surface area (Å²) in [5.41, 5.74) is 0.0311. The van der Waals surface area contributed by atoms with Gasteiger partial charge in [0.05, 0.1) is 23.8 Å². The standard InChI is InChI=1S/C14H13BrF2N2O2/c1-21-6-5-19-14(10(15)8-18-19)13(20)7-9-11(16)3-2-4-12(9)17/h2-4,8H,5-7H2,1H3. The number of ether oxygens (including phenoxy) is 1. The molecule has 0 radical (unpaired) electrons. The van der Waals surface area contributed by atoms with E-state index in [1.807, 2.05) is 0 Å². The van der Waals surface area contributed by atoms with Crippen LogP contribution in [0, 0.1) is 11.6 Å². The maximum absolute atomic E-state index is 13.6. The highest BCUT2D eigenvalue weighted by molar-refractivity contribution is 9.10. The van der Waals surface area contributed by atoms with Crippen molar-refractivity contribution in [3.8, 4) is 0 Å². The Balaban J connectivity index is 2.26. The lowest BCUT2D eigenvalue weighted by molar-refractivity contribution is 0.0975. The number of rotatable bonds is 6. The van der Waals surface area contributed by atoms with E-state index in [4.69, 9.17) is 4.74 Å². The summed E-state index contributed by atoms with van der Waals surface area (Å²) in [7, 11) is 1.54. The molecular weight excluding hydrogens is 346 g/mol. The van der Waals surface area contributed by atoms with Gasteiger partial charge in [0.15, 0.2) is 5.78 Å². The second kappa shape index (κ2) is 6.91. The van der Waals surface area contributed by atoms with Crippen LogP contribution in [-0.2, 0) is 17.7 Å². The Hall–Kier alpha value is -1.60. The molecule has 0 saturated carbocycles. The van der Waals surface area contributed by atoms with Crippen molar-refractivity contribution >= 4 is 21.7 Å². The normalized spacial score (nSPS) is 10.9. The zero-order valence-electron chi connectivity index (χ0n) is 11.3. The fourth-order valence-corrected chi connectivity index (χ4v) is 2.45. The minimum atomic E-state index is -0.734. The first-order valence-electron chi connectivity index (χ1n) is 6.21. The lowest BCUT2D eigenvalue weighted by Gasteiger charge is -2.08. The number of hydrogen-bond acceptors (Lipinski definition) is 3. The molecule has 4 nitrogen and oxygen atoms in total. The van der Waals surface area contributed by atoms with E-state index in [-0.39, 0.29) is 17.7 Å². The molecule has 0 unspecified atom stereocenters. The fraction of sp³-hybridized carbons (Fsp3) is 0.286. The Morgan fingerprint density at radius 2 is 2.05 bits per heavy atom. The Morgan fingerprint density at radius 3 is 2.67 bits per heavy atom. The van der Waals surface area contributed by atoms with Crippen molar-refractivity contribution in [2.45, 2.75) is 13.0 Å². The van der Waals surface area contributed by atoms with Crippen LogP contribution in [0.5, 0.6) is 0 Å². The van der Waals surface area contributed by atoms with Gasteiger partial charge in [-0.05, 0) is 28.1 Å². The van der Waals surface area contributed by atoms with Crippen molar-refractivity contribution in [2.24, 2.45) is 0 Å². The van der Waals surface area contributed by atoms with Gasteiger partial charge >= 0.3 is 0 Å². The largest absolute Gasteiger partial charge is 0.383 e. The summed E-state index contributed by atoms with van der Waals surface area (Å²) in [4.78, 5) is 12.3. The molecule has 1 heterocycles. The number of aromatic nitrogens is 2. The highest BCUT2D eigenvalue weighted by Gasteiger charge is 2.20. The molecule has 2 aromatic rings. The number of nitrogens with zero attached hydrogens (tertiary/aromatic N) is 2. The summed E-state index contributed by atoms with van der Waals surface area (Å²) in [5.74, 6) is -1.88. The maximum Gasteiger partial charge on any atom is 0.186 e. The van der Waals surface area contributed by atoms with Gasteiger partial charge in [-0.3, -0.25) is 9.48 Å². The molecule has 0 fully saturated rings. The number of carbonyl (C=O) groups is 1. The van der Waals surface area contributed by atoms with Gasteiger partial charge in [0.1, 0.15) is 17.3 Å². The Morgan fingerprint density at radius 1 is 1.38 bits per heavy atom. The summed E-state index contributed by atoms with van der Waals surface area (Å²) < 4.78 is 34.1. The molecule has 0 amide bonds. The van der Waals surface area contributed by atoms with Crippen LogP contribution in [0.3, 0.4) is 0 Å². The van der Waals surface area contributed by atoms with Gasteiger partial charge < -0.3 is 4.74 Å². The van der Waals surface area contributed by atoms with E-state index in [1.54, 1.807) is 0 Å². The Bertz CT molecular complexity index is 638. The molecule has 7 heteroatoms. The summed E-state index contributed by atoms with van der Waals surface area (Å²) in [5, 5.41) is 4.04.